The lowest BCUT2D eigenvalue weighted by atomic mass is 10.2. The molecule has 0 saturated heterocycles. The summed E-state index contributed by atoms with van der Waals surface area (Å²) in [6, 6.07) is 1.75. The Hall–Kier alpha value is -1.58. The van der Waals surface area contributed by atoms with Gasteiger partial charge in [-0.25, -0.2) is 0 Å². The molecule has 0 atom stereocenters. The van der Waals surface area contributed by atoms with E-state index in [1.54, 1.807) is 18.5 Å². The van der Waals surface area contributed by atoms with Gasteiger partial charge in [-0.15, -0.1) is 0 Å². The maximum atomic E-state index is 11.9. The van der Waals surface area contributed by atoms with E-state index in [4.69, 9.17) is 0 Å². The number of hydrogen-bond donors (Lipinski definition) is 2. The second-order valence-electron chi connectivity index (χ2n) is 4.10. The zero-order valence-electron chi connectivity index (χ0n) is 9.49. The number of pyridine rings is 1. The molecule has 0 unspecified atom stereocenters. The van der Waals surface area contributed by atoms with Crippen molar-refractivity contribution < 1.29 is 4.79 Å². The molecule has 1 saturated carbocycles. The molecule has 0 spiro atoms. The minimum Gasteiger partial charge on any atom is -0.383 e. The van der Waals surface area contributed by atoms with Crippen LogP contribution in [0, 0.1) is 5.92 Å². The van der Waals surface area contributed by atoms with Crippen LogP contribution in [-0.4, -0.2) is 24.0 Å². The summed E-state index contributed by atoms with van der Waals surface area (Å²) in [5.41, 5.74) is 1.48. The normalized spacial score (nSPS) is 14.6. The molecule has 1 fully saturated rings. The van der Waals surface area contributed by atoms with Crippen LogP contribution >= 0.6 is 0 Å². The van der Waals surface area contributed by atoms with E-state index in [2.05, 4.69) is 15.6 Å². The Morgan fingerprint density at radius 2 is 2.38 bits per heavy atom. The molecular formula is C12H17N3O. The van der Waals surface area contributed by atoms with Gasteiger partial charge in [-0.1, -0.05) is 0 Å². The second kappa shape index (κ2) is 4.96. The van der Waals surface area contributed by atoms with Crippen LogP contribution in [0.5, 0.6) is 0 Å². The van der Waals surface area contributed by atoms with Gasteiger partial charge in [-0.2, -0.15) is 0 Å². The van der Waals surface area contributed by atoms with Crippen LogP contribution in [-0.2, 0) is 0 Å². The third-order valence-electron chi connectivity index (χ3n) is 2.68. The van der Waals surface area contributed by atoms with Gasteiger partial charge in [-0.3, -0.25) is 9.78 Å². The molecule has 0 bridgehead atoms. The van der Waals surface area contributed by atoms with Crippen molar-refractivity contribution in [1.82, 2.24) is 10.3 Å². The molecule has 0 aliphatic heterocycles. The van der Waals surface area contributed by atoms with Crippen molar-refractivity contribution in [2.45, 2.75) is 19.8 Å². The molecule has 2 rings (SSSR count). The molecule has 16 heavy (non-hydrogen) atoms. The third kappa shape index (κ3) is 2.72. The first-order chi connectivity index (χ1) is 7.81. The first-order valence-electron chi connectivity index (χ1n) is 5.77. The molecule has 0 aromatic carbocycles. The van der Waals surface area contributed by atoms with E-state index >= 15 is 0 Å². The molecule has 4 heteroatoms. The smallest absolute Gasteiger partial charge is 0.253 e. The van der Waals surface area contributed by atoms with E-state index in [1.165, 1.54) is 12.8 Å². The molecule has 1 aromatic heterocycles. The number of carbonyl (C=O) groups excluding carboxylic acids is 1. The van der Waals surface area contributed by atoms with Crippen LogP contribution in [0.4, 0.5) is 5.69 Å². The quantitative estimate of drug-likeness (QED) is 0.791. The maximum Gasteiger partial charge on any atom is 0.253 e. The van der Waals surface area contributed by atoms with Crippen molar-refractivity contribution in [3.05, 3.63) is 24.0 Å². The van der Waals surface area contributed by atoms with Crippen LogP contribution in [0.3, 0.4) is 0 Å². The van der Waals surface area contributed by atoms with E-state index in [1.807, 2.05) is 6.92 Å². The fourth-order valence-corrected chi connectivity index (χ4v) is 1.58. The Labute approximate surface area is 95.5 Å². The Balaban J connectivity index is 2.01. The van der Waals surface area contributed by atoms with Crippen molar-refractivity contribution in [2.24, 2.45) is 5.92 Å². The lowest BCUT2D eigenvalue weighted by Crippen LogP contribution is -2.26. The van der Waals surface area contributed by atoms with E-state index in [0.29, 0.717) is 11.5 Å². The van der Waals surface area contributed by atoms with Gasteiger partial charge < -0.3 is 10.6 Å². The average molecular weight is 219 g/mol. The van der Waals surface area contributed by atoms with Gasteiger partial charge in [0.1, 0.15) is 0 Å². The Bertz CT molecular complexity index is 374. The molecule has 0 radical (unpaired) electrons. The number of hydrogen-bond acceptors (Lipinski definition) is 3. The zero-order chi connectivity index (χ0) is 11.4. The number of carbonyl (C=O) groups is 1. The highest BCUT2D eigenvalue weighted by Gasteiger charge is 2.22. The molecule has 86 valence electrons. The predicted molar refractivity (Wildman–Crippen MR) is 63.5 cm³/mol. The zero-order valence-corrected chi connectivity index (χ0v) is 9.49. The van der Waals surface area contributed by atoms with E-state index in [0.717, 1.165) is 18.8 Å². The van der Waals surface area contributed by atoms with Gasteiger partial charge in [0.25, 0.3) is 5.91 Å². The molecule has 1 amide bonds. The van der Waals surface area contributed by atoms with Gasteiger partial charge in [0.15, 0.2) is 0 Å². The topological polar surface area (TPSA) is 54.0 Å². The van der Waals surface area contributed by atoms with Gasteiger partial charge in [0.2, 0.25) is 0 Å². The van der Waals surface area contributed by atoms with E-state index in [-0.39, 0.29) is 5.91 Å². The van der Waals surface area contributed by atoms with Crippen LogP contribution in [0.2, 0.25) is 0 Å². The molecule has 1 aliphatic rings. The molecule has 4 nitrogen and oxygen atoms in total. The summed E-state index contributed by atoms with van der Waals surface area (Å²) in [6.45, 7) is 3.58. The van der Waals surface area contributed by atoms with Crippen LogP contribution < -0.4 is 10.6 Å². The minimum atomic E-state index is -0.00903. The summed E-state index contributed by atoms with van der Waals surface area (Å²) < 4.78 is 0. The van der Waals surface area contributed by atoms with Gasteiger partial charge in [0.05, 0.1) is 17.4 Å². The first-order valence-corrected chi connectivity index (χ1v) is 5.77. The Morgan fingerprint density at radius 1 is 1.56 bits per heavy atom. The SMILES string of the molecule is CCNc1cnccc1C(=O)NCC1CC1. The van der Waals surface area contributed by atoms with Crippen molar-refractivity contribution in [1.29, 1.82) is 0 Å². The van der Waals surface area contributed by atoms with Crippen molar-refractivity contribution in [3.8, 4) is 0 Å². The Kier molecular flexibility index (Phi) is 3.39. The van der Waals surface area contributed by atoms with E-state index in [9.17, 15) is 4.79 Å². The van der Waals surface area contributed by atoms with Crippen molar-refractivity contribution >= 4 is 11.6 Å². The Morgan fingerprint density at radius 3 is 3.06 bits per heavy atom. The number of aromatic nitrogens is 1. The maximum absolute atomic E-state index is 11.9. The van der Waals surface area contributed by atoms with Crippen molar-refractivity contribution in [3.63, 3.8) is 0 Å². The van der Waals surface area contributed by atoms with Crippen molar-refractivity contribution in [2.75, 3.05) is 18.4 Å². The van der Waals surface area contributed by atoms with Crippen LogP contribution in [0.15, 0.2) is 18.5 Å². The first kappa shape index (κ1) is 10.9. The summed E-state index contributed by atoms with van der Waals surface area (Å²) in [7, 11) is 0. The fourth-order valence-electron chi connectivity index (χ4n) is 1.58. The van der Waals surface area contributed by atoms with Gasteiger partial charge >= 0.3 is 0 Å². The lowest BCUT2D eigenvalue weighted by molar-refractivity contribution is 0.0952. The number of nitrogens with zero attached hydrogens (tertiary/aromatic N) is 1. The van der Waals surface area contributed by atoms with Crippen LogP contribution in [0.1, 0.15) is 30.1 Å². The third-order valence-corrected chi connectivity index (χ3v) is 2.68. The number of anilines is 1. The summed E-state index contributed by atoms with van der Waals surface area (Å²) in [5.74, 6) is 0.693. The lowest BCUT2D eigenvalue weighted by Gasteiger charge is -2.09. The summed E-state index contributed by atoms with van der Waals surface area (Å²) in [6.07, 6.45) is 5.83. The largest absolute Gasteiger partial charge is 0.383 e. The fraction of sp³-hybridized carbons (Fsp3) is 0.500. The minimum absolute atomic E-state index is 0.00903. The highest BCUT2D eigenvalue weighted by Crippen LogP contribution is 2.27. The van der Waals surface area contributed by atoms with Gasteiger partial charge in [-0.05, 0) is 31.7 Å². The van der Waals surface area contributed by atoms with Crippen LogP contribution in [0.25, 0.3) is 0 Å². The molecule has 2 N–H and O–H groups in total. The monoisotopic (exact) mass is 219 g/mol. The average Bonchev–Trinajstić information content (AvgIpc) is 3.11. The molecule has 1 heterocycles. The number of amides is 1. The molecule has 1 aliphatic carbocycles. The standard InChI is InChI=1S/C12H17N3O/c1-2-14-11-8-13-6-5-10(11)12(16)15-7-9-3-4-9/h5-6,8-9,14H,2-4,7H2,1H3,(H,15,16). The second-order valence-corrected chi connectivity index (χ2v) is 4.10. The number of nitrogens with one attached hydrogen (secondary N) is 2. The predicted octanol–water partition coefficient (Wildman–Crippen LogP) is 1.65. The highest BCUT2D eigenvalue weighted by molar-refractivity contribution is 5.99. The summed E-state index contributed by atoms with van der Waals surface area (Å²) >= 11 is 0. The van der Waals surface area contributed by atoms with Gasteiger partial charge in [0, 0.05) is 19.3 Å². The summed E-state index contributed by atoms with van der Waals surface area (Å²) in [5, 5.41) is 6.09. The highest BCUT2D eigenvalue weighted by atomic mass is 16.1. The molecule has 1 aromatic rings. The van der Waals surface area contributed by atoms with E-state index < -0.39 is 0 Å². The number of rotatable bonds is 5. The molecular weight excluding hydrogens is 202 g/mol. The summed E-state index contributed by atoms with van der Waals surface area (Å²) in [4.78, 5) is 15.9.